The molecule has 0 saturated heterocycles. The summed E-state index contributed by atoms with van der Waals surface area (Å²) in [6.45, 7) is 0. The highest BCUT2D eigenvalue weighted by molar-refractivity contribution is 7.90. The third kappa shape index (κ3) is 5.18. The molecule has 0 atom stereocenters. The Morgan fingerprint density at radius 1 is 0.767 bits per heavy atom. The van der Waals surface area contributed by atoms with Crippen molar-refractivity contribution in [2.45, 2.75) is 4.90 Å². The van der Waals surface area contributed by atoms with Crippen LogP contribution in [0.1, 0.15) is 20.7 Å². The molecular weight excluding hydrogens is 447 g/mol. The molecule has 2 N–H and O–H groups in total. The van der Waals surface area contributed by atoms with E-state index in [2.05, 4.69) is 10.6 Å². The van der Waals surface area contributed by atoms with Crippen molar-refractivity contribution < 1.29 is 18.0 Å². The zero-order valence-electron chi connectivity index (χ0n) is 15.6. The second kappa shape index (κ2) is 8.87. The first kappa shape index (κ1) is 21.8. The molecule has 0 aliphatic carbocycles. The minimum atomic E-state index is -3.36. The Morgan fingerprint density at radius 2 is 1.27 bits per heavy atom. The van der Waals surface area contributed by atoms with Crippen LogP contribution in [-0.4, -0.2) is 26.5 Å². The first-order chi connectivity index (χ1) is 14.1. The number of halogens is 2. The van der Waals surface area contributed by atoms with Crippen molar-refractivity contribution in [1.29, 1.82) is 0 Å². The van der Waals surface area contributed by atoms with Crippen LogP contribution >= 0.6 is 23.2 Å². The molecular formula is C21H16Cl2N2O4S. The van der Waals surface area contributed by atoms with Crippen LogP contribution in [0.2, 0.25) is 10.0 Å². The fourth-order valence-corrected chi connectivity index (χ4v) is 3.81. The van der Waals surface area contributed by atoms with E-state index < -0.39 is 15.7 Å². The lowest BCUT2D eigenvalue weighted by atomic mass is 10.2. The molecule has 0 unspecified atom stereocenters. The van der Waals surface area contributed by atoms with E-state index in [1.54, 1.807) is 30.3 Å². The van der Waals surface area contributed by atoms with Crippen molar-refractivity contribution in [2.24, 2.45) is 0 Å². The lowest BCUT2D eigenvalue weighted by Crippen LogP contribution is -2.14. The maximum absolute atomic E-state index is 12.5. The minimum absolute atomic E-state index is 0.105. The van der Waals surface area contributed by atoms with Crippen LogP contribution in [-0.2, 0) is 9.84 Å². The molecule has 0 aliphatic rings. The van der Waals surface area contributed by atoms with Gasteiger partial charge in [0, 0.05) is 23.1 Å². The molecule has 3 rings (SSSR count). The summed E-state index contributed by atoms with van der Waals surface area (Å²) in [4.78, 5) is 24.9. The Labute approximate surface area is 183 Å². The van der Waals surface area contributed by atoms with Gasteiger partial charge in [-0.2, -0.15) is 0 Å². The number of nitrogens with one attached hydrogen (secondary N) is 2. The molecule has 0 aliphatic heterocycles. The molecule has 0 bridgehead atoms. The van der Waals surface area contributed by atoms with Crippen LogP contribution in [0, 0.1) is 0 Å². The monoisotopic (exact) mass is 462 g/mol. The summed E-state index contributed by atoms with van der Waals surface area (Å²) in [6.07, 6.45) is 1.08. The van der Waals surface area contributed by atoms with Crippen molar-refractivity contribution in [3.63, 3.8) is 0 Å². The van der Waals surface area contributed by atoms with Crippen molar-refractivity contribution in [2.75, 3.05) is 16.9 Å². The van der Waals surface area contributed by atoms with Gasteiger partial charge in [-0.3, -0.25) is 9.59 Å². The molecule has 6 nitrogen and oxygen atoms in total. The number of hydrogen-bond acceptors (Lipinski definition) is 4. The summed E-state index contributed by atoms with van der Waals surface area (Å²) in [5, 5.41) is 5.56. The Kier molecular flexibility index (Phi) is 6.45. The Bertz CT molecular complexity index is 1190. The van der Waals surface area contributed by atoms with E-state index in [1.165, 1.54) is 36.4 Å². The van der Waals surface area contributed by atoms with Gasteiger partial charge < -0.3 is 10.6 Å². The normalized spacial score (nSPS) is 11.0. The van der Waals surface area contributed by atoms with Crippen molar-refractivity contribution >= 4 is 56.2 Å². The molecule has 0 heterocycles. The Morgan fingerprint density at radius 3 is 1.80 bits per heavy atom. The van der Waals surface area contributed by atoms with Crippen molar-refractivity contribution in [1.82, 2.24) is 0 Å². The van der Waals surface area contributed by atoms with Crippen LogP contribution in [0.3, 0.4) is 0 Å². The molecule has 3 aromatic rings. The Hall–Kier alpha value is -2.87. The molecule has 0 spiro atoms. The second-order valence-corrected chi connectivity index (χ2v) is 9.22. The molecule has 2 amide bonds. The van der Waals surface area contributed by atoms with Gasteiger partial charge >= 0.3 is 0 Å². The van der Waals surface area contributed by atoms with E-state index in [9.17, 15) is 18.0 Å². The van der Waals surface area contributed by atoms with E-state index in [-0.39, 0.29) is 32.1 Å². The smallest absolute Gasteiger partial charge is 0.255 e. The summed E-state index contributed by atoms with van der Waals surface area (Å²) in [5.74, 6) is -0.842. The number of carbonyl (C=O) groups excluding carboxylic acids is 2. The van der Waals surface area contributed by atoms with Gasteiger partial charge in [-0.1, -0.05) is 41.4 Å². The lowest BCUT2D eigenvalue weighted by Gasteiger charge is -2.13. The minimum Gasteiger partial charge on any atom is -0.322 e. The van der Waals surface area contributed by atoms with Gasteiger partial charge in [0.1, 0.15) is 0 Å². The van der Waals surface area contributed by atoms with E-state index in [4.69, 9.17) is 23.2 Å². The Balaban J connectivity index is 1.77. The number of amides is 2. The van der Waals surface area contributed by atoms with Crippen LogP contribution in [0.15, 0.2) is 71.6 Å². The topological polar surface area (TPSA) is 92.3 Å². The van der Waals surface area contributed by atoms with Crippen LogP contribution in [0.25, 0.3) is 0 Å². The largest absolute Gasteiger partial charge is 0.322 e. The molecule has 0 radical (unpaired) electrons. The summed E-state index contributed by atoms with van der Waals surface area (Å²) in [6, 6.07) is 17.0. The molecule has 3 aromatic carbocycles. The van der Waals surface area contributed by atoms with Gasteiger partial charge in [0.2, 0.25) is 0 Å². The average molecular weight is 463 g/mol. The van der Waals surface area contributed by atoms with Gasteiger partial charge in [-0.05, 0) is 48.5 Å². The first-order valence-corrected chi connectivity index (χ1v) is 11.3. The zero-order chi connectivity index (χ0) is 21.9. The van der Waals surface area contributed by atoms with E-state index in [1.807, 2.05) is 0 Å². The molecule has 30 heavy (non-hydrogen) atoms. The van der Waals surface area contributed by atoms with Gasteiger partial charge in [-0.15, -0.1) is 0 Å². The number of benzene rings is 3. The highest BCUT2D eigenvalue weighted by Crippen LogP contribution is 2.34. The number of sulfone groups is 1. The standard InChI is InChI=1S/C21H16Cl2N2O4S/c1-30(28,29)16-9-7-14(8-10-16)21(27)25-19-17(22)11-15(12-18(19)23)24-20(26)13-5-3-2-4-6-13/h2-12H,1H3,(H,24,26)(H,25,27). The van der Waals surface area contributed by atoms with Gasteiger partial charge in [0.15, 0.2) is 9.84 Å². The van der Waals surface area contributed by atoms with Crippen molar-refractivity contribution in [3.05, 3.63) is 87.9 Å². The second-order valence-electron chi connectivity index (χ2n) is 6.39. The van der Waals surface area contributed by atoms with Gasteiger partial charge in [-0.25, -0.2) is 8.42 Å². The number of rotatable bonds is 5. The number of hydrogen-bond donors (Lipinski definition) is 2. The van der Waals surface area contributed by atoms with Crippen LogP contribution < -0.4 is 10.6 Å². The third-order valence-electron chi connectivity index (χ3n) is 4.12. The highest BCUT2D eigenvalue weighted by Gasteiger charge is 2.15. The molecule has 0 saturated carbocycles. The van der Waals surface area contributed by atoms with Gasteiger partial charge in [0.05, 0.1) is 20.6 Å². The summed E-state index contributed by atoms with van der Waals surface area (Å²) >= 11 is 12.5. The van der Waals surface area contributed by atoms with Crippen LogP contribution in [0.5, 0.6) is 0 Å². The summed E-state index contributed by atoms with van der Waals surface area (Å²) < 4.78 is 23.1. The molecule has 154 valence electrons. The molecule has 0 aromatic heterocycles. The fraction of sp³-hybridized carbons (Fsp3) is 0.0476. The fourth-order valence-electron chi connectivity index (χ4n) is 2.60. The predicted molar refractivity (Wildman–Crippen MR) is 118 cm³/mol. The van der Waals surface area contributed by atoms with E-state index >= 15 is 0 Å². The SMILES string of the molecule is CS(=O)(=O)c1ccc(C(=O)Nc2c(Cl)cc(NC(=O)c3ccccc3)cc2Cl)cc1. The quantitative estimate of drug-likeness (QED) is 0.563. The van der Waals surface area contributed by atoms with E-state index in [0.717, 1.165) is 6.26 Å². The summed E-state index contributed by atoms with van der Waals surface area (Å²) in [7, 11) is -3.36. The highest BCUT2D eigenvalue weighted by atomic mass is 35.5. The van der Waals surface area contributed by atoms with E-state index in [0.29, 0.717) is 11.3 Å². The molecule has 9 heteroatoms. The number of anilines is 2. The first-order valence-electron chi connectivity index (χ1n) is 8.62. The lowest BCUT2D eigenvalue weighted by molar-refractivity contribution is 0.101. The average Bonchev–Trinajstić information content (AvgIpc) is 2.70. The maximum atomic E-state index is 12.5. The molecule has 0 fully saturated rings. The predicted octanol–water partition coefficient (Wildman–Crippen LogP) is 4.90. The third-order valence-corrected chi connectivity index (χ3v) is 5.84. The number of carbonyl (C=O) groups is 2. The summed E-state index contributed by atoms with van der Waals surface area (Å²) in [5.41, 5.74) is 1.25. The zero-order valence-corrected chi connectivity index (χ0v) is 18.0. The maximum Gasteiger partial charge on any atom is 0.255 e. The van der Waals surface area contributed by atoms with Gasteiger partial charge in [0.25, 0.3) is 11.8 Å². The van der Waals surface area contributed by atoms with Crippen molar-refractivity contribution in [3.8, 4) is 0 Å². The van der Waals surface area contributed by atoms with Crippen LogP contribution in [0.4, 0.5) is 11.4 Å².